The first-order valence-corrected chi connectivity index (χ1v) is 12.9. The van der Waals surface area contributed by atoms with Crippen LogP contribution in [0.4, 0.5) is 11.4 Å². The fourth-order valence-corrected chi connectivity index (χ4v) is 6.16. The molecule has 3 amide bonds. The summed E-state index contributed by atoms with van der Waals surface area (Å²) in [7, 11) is 0. The highest BCUT2D eigenvalue weighted by molar-refractivity contribution is 6.03. The summed E-state index contributed by atoms with van der Waals surface area (Å²) in [6, 6.07) is 6.83. The predicted octanol–water partition coefficient (Wildman–Crippen LogP) is 1.75. The molecule has 0 aromatic heterocycles. The number of aliphatic hydroxyl groups excluding tert-OH is 1. The van der Waals surface area contributed by atoms with Gasteiger partial charge in [0.15, 0.2) is 0 Å². The van der Waals surface area contributed by atoms with E-state index in [0.717, 1.165) is 25.2 Å². The number of benzene rings is 1. The summed E-state index contributed by atoms with van der Waals surface area (Å²) < 4.78 is 6.38. The molecule has 9 nitrogen and oxygen atoms in total. The van der Waals surface area contributed by atoms with Crippen molar-refractivity contribution >= 4 is 29.1 Å². The summed E-state index contributed by atoms with van der Waals surface area (Å²) in [6.45, 7) is 8.64. The minimum Gasteiger partial charge on any atom is -0.396 e. The van der Waals surface area contributed by atoms with Crippen molar-refractivity contribution in [3.63, 3.8) is 0 Å². The molecule has 9 heteroatoms. The highest BCUT2D eigenvalue weighted by Crippen LogP contribution is 2.58. The van der Waals surface area contributed by atoms with E-state index in [1.807, 2.05) is 31.2 Å². The van der Waals surface area contributed by atoms with Gasteiger partial charge < -0.3 is 30.3 Å². The van der Waals surface area contributed by atoms with Gasteiger partial charge in [0.25, 0.3) is 0 Å². The Morgan fingerprint density at radius 1 is 1.17 bits per heavy atom. The first-order chi connectivity index (χ1) is 16.9. The average Bonchev–Trinajstić information content (AvgIpc) is 3.50. The maximum absolute atomic E-state index is 13.7. The van der Waals surface area contributed by atoms with E-state index in [1.165, 1.54) is 4.90 Å². The Balaban J connectivity index is 1.59. The minimum atomic E-state index is -1.02. The van der Waals surface area contributed by atoms with Crippen LogP contribution in [0.15, 0.2) is 24.3 Å². The lowest BCUT2D eigenvalue weighted by atomic mass is 9.70. The second kappa shape index (κ2) is 10.5. The van der Waals surface area contributed by atoms with Gasteiger partial charge in [-0.05, 0) is 63.8 Å². The van der Waals surface area contributed by atoms with Gasteiger partial charge in [0.2, 0.25) is 17.7 Å². The number of anilines is 2. The molecule has 2 bridgehead atoms. The Labute approximate surface area is 207 Å². The van der Waals surface area contributed by atoms with Gasteiger partial charge in [-0.3, -0.25) is 14.4 Å². The lowest BCUT2D eigenvalue weighted by Crippen LogP contribution is -2.53. The van der Waals surface area contributed by atoms with E-state index in [2.05, 4.69) is 29.4 Å². The Morgan fingerprint density at radius 3 is 2.51 bits per heavy atom. The Bertz CT molecular complexity index is 934. The Kier molecular flexibility index (Phi) is 7.66. The Morgan fingerprint density at radius 2 is 1.89 bits per heavy atom. The van der Waals surface area contributed by atoms with Crippen molar-refractivity contribution in [3.05, 3.63) is 24.3 Å². The van der Waals surface area contributed by atoms with Crippen LogP contribution in [-0.2, 0) is 19.1 Å². The lowest BCUT2D eigenvalue weighted by molar-refractivity contribution is -0.141. The summed E-state index contributed by atoms with van der Waals surface area (Å²) in [5.41, 5.74) is 0.701. The third-order valence-electron chi connectivity index (χ3n) is 7.72. The topological polar surface area (TPSA) is 111 Å². The number of amides is 3. The zero-order chi connectivity index (χ0) is 25.2. The van der Waals surface area contributed by atoms with Crippen LogP contribution >= 0.6 is 0 Å². The summed E-state index contributed by atoms with van der Waals surface area (Å²) in [5.74, 6) is -1.99. The summed E-state index contributed by atoms with van der Waals surface area (Å²) >= 11 is 0. The number of aliphatic hydroxyl groups is 1. The van der Waals surface area contributed by atoms with E-state index in [0.29, 0.717) is 31.5 Å². The highest BCUT2D eigenvalue weighted by Gasteiger charge is 2.74. The van der Waals surface area contributed by atoms with Crippen molar-refractivity contribution in [3.8, 4) is 0 Å². The molecule has 0 radical (unpaired) electrons. The first kappa shape index (κ1) is 25.4. The van der Waals surface area contributed by atoms with Gasteiger partial charge in [-0.1, -0.05) is 6.92 Å². The molecular weight excluding hydrogens is 448 g/mol. The van der Waals surface area contributed by atoms with Gasteiger partial charge in [0, 0.05) is 44.2 Å². The molecule has 3 fully saturated rings. The predicted molar refractivity (Wildman–Crippen MR) is 133 cm³/mol. The van der Waals surface area contributed by atoms with Gasteiger partial charge in [-0.25, -0.2) is 0 Å². The van der Waals surface area contributed by atoms with E-state index in [4.69, 9.17) is 4.74 Å². The molecular formula is C26H38N4O5. The van der Waals surface area contributed by atoms with Crippen LogP contribution in [0.3, 0.4) is 0 Å². The molecule has 0 aliphatic carbocycles. The number of carbonyl (C=O) groups excluding carboxylic acids is 3. The normalized spacial score (nSPS) is 28.8. The van der Waals surface area contributed by atoms with Crippen molar-refractivity contribution in [2.75, 3.05) is 43.0 Å². The van der Waals surface area contributed by atoms with Crippen molar-refractivity contribution in [2.24, 2.45) is 11.8 Å². The highest BCUT2D eigenvalue weighted by atomic mass is 16.5. The smallest absolute Gasteiger partial charge is 0.250 e. The molecule has 0 saturated carbocycles. The third-order valence-corrected chi connectivity index (χ3v) is 7.72. The van der Waals surface area contributed by atoms with Crippen LogP contribution in [0.5, 0.6) is 0 Å². The van der Waals surface area contributed by atoms with Gasteiger partial charge in [0.05, 0.1) is 17.9 Å². The molecule has 1 aromatic carbocycles. The molecule has 1 spiro atoms. The molecule has 3 heterocycles. The summed E-state index contributed by atoms with van der Waals surface area (Å²) in [5, 5.41) is 15.3. The quantitative estimate of drug-likeness (QED) is 0.440. The van der Waals surface area contributed by atoms with Gasteiger partial charge in [-0.2, -0.15) is 0 Å². The van der Waals surface area contributed by atoms with Crippen LogP contribution in [-0.4, -0.2) is 78.3 Å². The number of hydrogen-bond acceptors (Lipinski definition) is 6. The van der Waals surface area contributed by atoms with Crippen molar-refractivity contribution < 1.29 is 24.2 Å². The molecule has 3 aliphatic rings. The number of hydrogen-bond donors (Lipinski definition) is 3. The van der Waals surface area contributed by atoms with Gasteiger partial charge in [0.1, 0.15) is 11.6 Å². The summed E-state index contributed by atoms with van der Waals surface area (Å²) in [6.07, 6.45) is 2.00. The molecule has 192 valence electrons. The lowest BCUT2D eigenvalue weighted by Gasteiger charge is -2.33. The molecule has 1 aromatic rings. The second-order valence-electron chi connectivity index (χ2n) is 9.66. The fraction of sp³-hybridized carbons (Fsp3) is 0.654. The monoisotopic (exact) mass is 486 g/mol. The number of nitrogens with one attached hydrogen (secondary N) is 2. The summed E-state index contributed by atoms with van der Waals surface area (Å²) in [4.78, 5) is 44.0. The standard InChI is InChI=1S/C26H38N4O5/c1-4-14-27-23(32)20-19-12-13-26(35-19)21(20)25(34)30(15-7-16-31)22(26)24(33)28-17-8-10-18(11-9-17)29(5-2)6-3/h8-11,19-22,31H,4-7,12-16H2,1-3H3,(H,27,32)(H,28,33)/t19-,20+,21-,22?,26?/m0/s1. The van der Waals surface area contributed by atoms with E-state index in [9.17, 15) is 19.5 Å². The van der Waals surface area contributed by atoms with Crippen LogP contribution in [0.2, 0.25) is 0 Å². The zero-order valence-electron chi connectivity index (χ0n) is 21.0. The van der Waals surface area contributed by atoms with Gasteiger partial charge in [-0.15, -0.1) is 0 Å². The average molecular weight is 487 g/mol. The fourth-order valence-electron chi connectivity index (χ4n) is 6.16. The van der Waals surface area contributed by atoms with E-state index in [1.54, 1.807) is 0 Å². The minimum absolute atomic E-state index is 0.0908. The maximum atomic E-state index is 13.7. The van der Waals surface area contributed by atoms with Crippen molar-refractivity contribution in [1.29, 1.82) is 0 Å². The van der Waals surface area contributed by atoms with Crippen molar-refractivity contribution in [1.82, 2.24) is 10.2 Å². The molecule has 3 N–H and O–H groups in total. The molecule has 2 unspecified atom stereocenters. The molecule has 5 atom stereocenters. The van der Waals surface area contributed by atoms with Crippen molar-refractivity contribution in [2.45, 2.75) is 64.2 Å². The van der Waals surface area contributed by atoms with Crippen LogP contribution in [0.25, 0.3) is 0 Å². The number of carbonyl (C=O) groups is 3. The van der Waals surface area contributed by atoms with E-state index < -0.39 is 23.5 Å². The Hall–Kier alpha value is -2.65. The molecule has 3 saturated heterocycles. The second-order valence-corrected chi connectivity index (χ2v) is 9.66. The maximum Gasteiger partial charge on any atom is 0.250 e. The van der Waals surface area contributed by atoms with Crippen LogP contribution in [0.1, 0.15) is 46.5 Å². The van der Waals surface area contributed by atoms with Gasteiger partial charge >= 0.3 is 0 Å². The van der Waals surface area contributed by atoms with Crippen LogP contribution < -0.4 is 15.5 Å². The largest absolute Gasteiger partial charge is 0.396 e. The number of ether oxygens (including phenoxy) is 1. The SMILES string of the molecule is CCCNC(=O)[C@@H]1[C@@H]2CCC3(O2)C(C(=O)Nc2ccc(N(CC)CC)cc2)N(CCCO)C(=O)[C@H]13. The number of likely N-dealkylation sites (tertiary alicyclic amines) is 1. The molecule has 4 rings (SSSR count). The number of nitrogens with zero attached hydrogens (tertiary/aromatic N) is 2. The van der Waals surface area contributed by atoms with E-state index >= 15 is 0 Å². The van der Waals surface area contributed by atoms with E-state index in [-0.39, 0.29) is 37.0 Å². The first-order valence-electron chi connectivity index (χ1n) is 12.9. The van der Waals surface area contributed by atoms with Crippen LogP contribution in [0, 0.1) is 11.8 Å². The third kappa shape index (κ3) is 4.40. The zero-order valence-corrected chi connectivity index (χ0v) is 21.0. The number of rotatable bonds is 11. The molecule has 35 heavy (non-hydrogen) atoms. The molecule has 3 aliphatic heterocycles. The number of fused-ring (bicyclic) bond motifs is 1.